The molecule has 2 aromatic rings. The number of nitrogens with zero attached hydrogens (tertiary/aromatic N) is 3. The molecule has 8 nitrogen and oxygen atoms in total. The van der Waals surface area contributed by atoms with E-state index in [4.69, 9.17) is 10.2 Å². The fourth-order valence-corrected chi connectivity index (χ4v) is 6.78. The molecule has 2 aliphatic rings. The van der Waals surface area contributed by atoms with Crippen molar-refractivity contribution in [2.75, 3.05) is 5.32 Å². The summed E-state index contributed by atoms with van der Waals surface area (Å²) in [5.41, 5.74) is 4.27. The van der Waals surface area contributed by atoms with Crippen LogP contribution in [-0.2, 0) is 34.8 Å². The Labute approximate surface area is 186 Å². The van der Waals surface area contributed by atoms with Gasteiger partial charge in [0.1, 0.15) is 4.21 Å². The van der Waals surface area contributed by atoms with Gasteiger partial charge in [-0.05, 0) is 80.0 Å². The molecule has 0 unspecified atom stereocenters. The third-order valence-electron chi connectivity index (χ3n) is 5.83. The number of hydrogen-bond acceptors (Lipinski definition) is 6. The summed E-state index contributed by atoms with van der Waals surface area (Å²) in [6.45, 7) is 5.35. The predicted molar refractivity (Wildman–Crippen MR) is 119 cm³/mol. The van der Waals surface area contributed by atoms with Crippen LogP contribution in [0.2, 0.25) is 0 Å². The molecule has 0 radical (unpaired) electrons. The molecule has 0 aliphatic heterocycles. The molecule has 2 atom stereocenters. The minimum Gasteiger partial charge on any atom is -0.386 e. The van der Waals surface area contributed by atoms with E-state index >= 15 is 0 Å². The van der Waals surface area contributed by atoms with Crippen molar-refractivity contribution in [1.82, 2.24) is 9.71 Å². The monoisotopic (exact) mass is 459 g/mol. The summed E-state index contributed by atoms with van der Waals surface area (Å²) in [4.78, 5) is 17.7. The Balaban J connectivity index is 1.72. The maximum atomic E-state index is 13.4. The first-order valence-corrected chi connectivity index (χ1v) is 12.6. The van der Waals surface area contributed by atoms with Crippen molar-refractivity contribution in [3.8, 4) is 6.19 Å². The van der Waals surface area contributed by atoms with Crippen molar-refractivity contribution in [3.63, 3.8) is 0 Å². The lowest BCUT2D eigenvalue weighted by Gasteiger charge is -2.15. The van der Waals surface area contributed by atoms with Gasteiger partial charge in [-0.25, -0.2) is 13.7 Å². The van der Waals surface area contributed by atoms with E-state index in [9.17, 15) is 14.1 Å². The Kier molecular flexibility index (Phi) is 5.54. The highest BCUT2D eigenvalue weighted by atomic mass is 32.2. The van der Waals surface area contributed by atoms with Crippen LogP contribution in [0.15, 0.2) is 20.0 Å². The number of pyridine rings is 1. The number of nitriles is 1. The van der Waals surface area contributed by atoms with Gasteiger partial charge in [0, 0.05) is 11.4 Å². The van der Waals surface area contributed by atoms with E-state index in [2.05, 4.69) is 21.3 Å². The summed E-state index contributed by atoms with van der Waals surface area (Å²) < 4.78 is 19.7. The van der Waals surface area contributed by atoms with Gasteiger partial charge in [-0.15, -0.1) is 15.7 Å². The molecule has 2 aromatic heterocycles. The number of carbonyl (C=O) groups excluding carboxylic acids is 1. The molecule has 2 heterocycles. The normalized spacial score (nSPS) is 19.1. The van der Waals surface area contributed by atoms with E-state index in [0.717, 1.165) is 71.6 Å². The average Bonchev–Trinajstić information content (AvgIpc) is 3.41. The van der Waals surface area contributed by atoms with Gasteiger partial charge in [0.25, 0.3) is 0 Å². The number of carbonyl (C=O) groups is 1. The van der Waals surface area contributed by atoms with Crippen LogP contribution in [0.25, 0.3) is 0 Å². The van der Waals surface area contributed by atoms with Crippen LogP contribution >= 0.6 is 11.3 Å². The predicted octanol–water partition coefficient (Wildman–Crippen LogP) is 3.95. The third kappa shape index (κ3) is 4.05. The molecule has 0 bridgehead atoms. The fourth-order valence-electron chi connectivity index (χ4n) is 4.16. The molecule has 2 amide bonds. The minimum atomic E-state index is -3.52. The van der Waals surface area contributed by atoms with Crippen LogP contribution in [-0.4, -0.2) is 20.3 Å². The van der Waals surface area contributed by atoms with E-state index < -0.39 is 21.5 Å². The van der Waals surface area contributed by atoms with E-state index in [-0.39, 0.29) is 4.21 Å². The smallest absolute Gasteiger partial charge is 0.355 e. The molecular weight excluding hydrogens is 434 g/mol. The maximum absolute atomic E-state index is 13.4. The van der Waals surface area contributed by atoms with Crippen LogP contribution in [0, 0.1) is 11.5 Å². The van der Waals surface area contributed by atoms with Crippen molar-refractivity contribution in [2.45, 2.75) is 68.6 Å². The lowest BCUT2D eigenvalue weighted by molar-refractivity contribution is 0.0789. The molecule has 4 rings (SSSR count). The second-order valence-corrected chi connectivity index (χ2v) is 11.6. The van der Waals surface area contributed by atoms with Crippen molar-refractivity contribution >= 4 is 33.0 Å². The van der Waals surface area contributed by atoms with Crippen molar-refractivity contribution in [1.29, 1.82) is 5.26 Å². The Bertz CT molecular complexity index is 1210. The molecule has 164 valence electrons. The molecule has 0 aromatic carbocycles. The van der Waals surface area contributed by atoms with Crippen molar-refractivity contribution < 1.29 is 14.1 Å². The summed E-state index contributed by atoms with van der Waals surface area (Å²) in [6, 6.07) is 0.741. The number of nitrogens with one attached hydrogen (secondary N) is 2. The maximum Gasteiger partial charge on any atom is 0.355 e. The van der Waals surface area contributed by atoms with Crippen LogP contribution < -0.4 is 10.0 Å². The fraction of sp³-hybridized carbons (Fsp3) is 0.476. The van der Waals surface area contributed by atoms with Gasteiger partial charge in [-0.1, -0.05) is 6.92 Å². The zero-order chi connectivity index (χ0) is 22.4. The first-order valence-electron chi connectivity index (χ1n) is 10.2. The summed E-state index contributed by atoms with van der Waals surface area (Å²) in [7, 11) is -3.52. The molecule has 3 N–H and O–H groups in total. The van der Waals surface area contributed by atoms with Crippen LogP contribution in [0.5, 0.6) is 0 Å². The number of aliphatic hydroxyl groups is 1. The molecule has 0 saturated carbocycles. The molecule has 0 fully saturated rings. The number of rotatable bonds is 4. The zero-order valence-corrected chi connectivity index (χ0v) is 19.3. The van der Waals surface area contributed by atoms with Gasteiger partial charge in [-0.3, -0.25) is 4.98 Å². The standard InChI is InChI=1S/C21H25N5O3S2/c1-12-7-8-15-18(12)24-16-6-4-5-14(16)19(15)25-20(27)26-31(29,23-11-22)17-9-13(10-30-17)21(2,3)28/h9-10,12,28H,4-8H2,1-3H3,(H2,23,24,25,26,27,29)/t12-,31+/m1/s1. The van der Waals surface area contributed by atoms with E-state index in [1.54, 1.807) is 25.4 Å². The number of fused-ring (bicyclic) bond motifs is 2. The molecule has 0 saturated heterocycles. The number of aromatic nitrogens is 1. The Hall–Kier alpha value is -2.48. The van der Waals surface area contributed by atoms with Crippen LogP contribution in [0.4, 0.5) is 10.5 Å². The quantitative estimate of drug-likeness (QED) is 0.471. The summed E-state index contributed by atoms with van der Waals surface area (Å²) >= 11 is 1.08. The van der Waals surface area contributed by atoms with E-state index in [1.165, 1.54) is 6.07 Å². The van der Waals surface area contributed by atoms with E-state index in [0.29, 0.717) is 11.5 Å². The Morgan fingerprint density at radius 3 is 2.84 bits per heavy atom. The number of aryl methyl sites for hydroxylation is 1. The molecule has 31 heavy (non-hydrogen) atoms. The Morgan fingerprint density at radius 2 is 2.16 bits per heavy atom. The highest BCUT2D eigenvalue weighted by Gasteiger charge is 2.30. The Morgan fingerprint density at radius 1 is 1.39 bits per heavy atom. The first-order chi connectivity index (χ1) is 14.6. The molecular formula is C21H25N5O3S2. The van der Waals surface area contributed by atoms with Gasteiger partial charge in [0.05, 0.1) is 11.3 Å². The second kappa shape index (κ2) is 7.89. The molecule has 10 heteroatoms. The molecule has 2 aliphatic carbocycles. The average molecular weight is 460 g/mol. The van der Waals surface area contributed by atoms with Gasteiger partial charge in [0.15, 0.2) is 16.1 Å². The van der Waals surface area contributed by atoms with Crippen molar-refractivity contribution in [2.24, 2.45) is 4.36 Å². The third-order valence-corrected chi connectivity index (χ3v) is 8.98. The zero-order valence-electron chi connectivity index (χ0n) is 17.7. The minimum absolute atomic E-state index is 0.208. The lowest BCUT2D eigenvalue weighted by Crippen LogP contribution is -2.22. The number of urea groups is 1. The highest BCUT2D eigenvalue weighted by Crippen LogP contribution is 2.41. The number of anilines is 1. The summed E-state index contributed by atoms with van der Waals surface area (Å²) in [5, 5.41) is 23.8. The highest BCUT2D eigenvalue weighted by molar-refractivity contribution is 7.94. The van der Waals surface area contributed by atoms with Crippen LogP contribution in [0.1, 0.15) is 67.6 Å². The number of hydrogen-bond donors (Lipinski definition) is 3. The summed E-state index contributed by atoms with van der Waals surface area (Å²) in [5.74, 6) is 0.337. The number of thiophene rings is 1. The van der Waals surface area contributed by atoms with Gasteiger partial charge in [0.2, 0.25) is 0 Å². The van der Waals surface area contributed by atoms with Gasteiger partial charge >= 0.3 is 6.03 Å². The molecule has 0 spiro atoms. The SMILES string of the molecule is C[C@@H]1CCc2c1nc1c(c2NC(=O)N=[S@@](=O)(NC#N)c2cc(C(C)(C)O)cs2)CCC1. The number of amides is 2. The van der Waals surface area contributed by atoms with E-state index in [1.807, 2.05) is 0 Å². The first kappa shape index (κ1) is 21.7. The summed E-state index contributed by atoms with van der Waals surface area (Å²) in [6.07, 6.45) is 6.17. The largest absolute Gasteiger partial charge is 0.386 e. The van der Waals surface area contributed by atoms with Crippen molar-refractivity contribution in [3.05, 3.63) is 39.5 Å². The lowest BCUT2D eigenvalue weighted by atomic mass is 10.0. The van der Waals surface area contributed by atoms with Gasteiger partial charge < -0.3 is 10.4 Å². The topological polar surface area (TPSA) is 127 Å². The van der Waals surface area contributed by atoms with Crippen LogP contribution in [0.3, 0.4) is 0 Å². The van der Waals surface area contributed by atoms with Gasteiger partial charge in [-0.2, -0.15) is 5.26 Å². The second-order valence-electron chi connectivity index (χ2n) is 8.54.